The van der Waals surface area contributed by atoms with E-state index < -0.39 is 23.0 Å². The predicted octanol–water partition coefficient (Wildman–Crippen LogP) is 1.23. The quantitative estimate of drug-likeness (QED) is 0.816. The van der Waals surface area contributed by atoms with E-state index in [1.807, 2.05) is 19.1 Å². The number of aliphatic hydroxyl groups excluding tert-OH is 2. The van der Waals surface area contributed by atoms with Gasteiger partial charge < -0.3 is 10.2 Å². The highest BCUT2D eigenvalue weighted by Gasteiger charge is 2.17. The normalized spacial score (nSPS) is 16.8. The van der Waals surface area contributed by atoms with Crippen LogP contribution >= 0.6 is 0 Å². The van der Waals surface area contributed by atoms with Crippen molar-refractivity contribution in [2.24, 2.45) is 0 Å². The Labute approximate surface area is 98.6 Å². The maximum Gasteiger partial charge on any atom is 0.0917 e. The molecule has 0 unspecified atom stereocenters. The van der Waals surface area contributed by atoms with Gasteiger partial charge >= 0.3 is 0 Å². The molecule has 16 heavy (non-hydrogen) atoms. The lowest BCUT2D eigenvalue weighted by atomic mass is 10.2. The topological polar surface area (TPSA) is 57.5 Å². The second-order valence-corrected chi connectivity index (χ2v) is 5.36. The summed E-state index contributed by atoms with van der Waals surface area (Å²) in [6.45, 7) is 3.74. The zero-order chi connectivity index (χ0) is 12.1. The summed E-state index contributed by atoms with van der Waals surface area (Å²) in [5, 5.41) is 18.9. The second-order valence-electron chi connectivity index (χ2n) is 3.87. The molecule has 2 N–H and O–H groups in total. The van der Waals surface area contributed by atoms with Crippen LogP contribution < -0.4 is 0 Å². The van der Waals surface area contributed by atoms with E-state index in [0.29, 0.717) is 11.3 Å². The van der Waals surface area contributed by atoms with Gasteiger partial charge in [0, 0.05) is 4.90 Å². The zero-order valence-electron chi connectivity index (χ0n) is 9.59. The van der Waals surface area contributed by atoms with Crippen LogP contribution in [-0.4, -0.2) is 32.4 Å². The summed E-state index contributed by atoms with van der Waals surface area (Å²) in [7, 11) is -1.25. The van der Waals surface area contributed by atoms with Crippen molar-refractivity contribution in [2.75, 3.05) is 5.75 Å². The summed E-state index contributed by atoms with van der Waals surface area (Å²) in [6.07, 6.45) is -1.26. The van der Waals surface area contributed by atoms with Crippen molar-refractivity contribution in [2.45, 2.75) is 37.4 Å². The van der Waals surface area contributed by atoms with Gasteiger partial charge in [0.25, 0.3) is 0 Å². The second kappa shape index (κ2) is 6.13. The van der Waals surface area contributed by atoms with E-state index in [9.17, 15) is 14.4 Å². The maximum atomic E-state index is 11.8. The predicted molar refractivity (Wildman–Crippen MR) is 64.8 cm³/mol. The van der Waals surface area contributed by atoms with Crippen molar-refractivity contribution >= 4 is 10.8 Å². The van der Waals surface area contributed by atoms with Gasteiger partial charge in [-0.3, -0.25) is 4.21 Å². The molecule has 1 rings (SSSR count). The lowest BCUT2D eigenvalue weighted by Crippen LogP contribution is -2.30. The molecular formula is C12H18O3S. The van der Waals surface area contributed by atoms with E-state index in [0.717, 1.165) is 5.56 Å². The standard InChI is InChI=1S/C12H18O3S/c1-3-11(13)12(14)8-16(15)10-6-4-9(2)5-7-10/h4-7,11-14H,3,8H2,1-2H3/t11-,12-,16+/m1/s1. The van der Waals surface area contributed by atoms with Gasteiger partial charge in [-0.1, -0.05) is 24.6 Å². The smallest absolute Gasteiger partial charge is 0.0917 e. The number of aryl methyl sites for hydroxylation is 1. The Bertz CT molecular complexity index is 348. The number of rotatable bonds is 5. The minimum Gasteiger partial charge on any atom is -0.390 e. The van der Waals surface area contributed by atoms with Gasteiger partial charge in [-0.2, -0.15) is 0 Å². The Morgan fingerprint density at radius 1 is 1.19 bits per heavy atom. The van der Waals surface area contributed by atoms with Crippen molar-refractivity contribution in [1.29, 1.82) is 0 Å². The molecule has 0 aromatic heterocycles. The summed E-state index contributed by atoms with van der Waals surface area (Å²) in [6, 6.07) is 7.35. The summed E-state index contributed by atoms with van der Waals surface area (Å²) >= 11 is 0. The molecule has 3 atom stereocenters. The molecule has 0 aliphatic carbocycles. The summed E-state index contributed by atoms with van der Waals surface area (Å²) in [5.74, 6) is 0.0814. The highest BCUT2D eigenvalue weighted by Crippen LogP contribution is 2.11. The SMILES string of the molecule is CC[C@@H](O)[C@H](O)C[S@](=O)c1ccc(C)cc1. The molecule has 1 aromatic carbocycles. The molecule has 0 saturated carbocycles. The van der Waals surface area contributed by atoms with Crippen molar-refractivity contribution in [1.82, 2.24) is 0 Å². The molecule has 0 amide bonds. The molecule has 0 bridgehead atoms. The van der Waals surface area contributed by atoms with Gasteiger partial charge in [0.1, 0.15) is 0 Å². The number of hydrogen-bond acceptors (Lipinski definition) is 3. The third-order valence-corrected chi connectivity index (χ3v) is 3.91. The van der Waals surface area contributed by atoms with Crippen LogP contribution in [0.2, 0.25) is 0 Å². The Morgan fingerprint density at radius 3 is 2.25 bits per heavy atom. The zero-order valence-corrected chi connectivity index (χ0v) is 10.4. The van der Waals surface area contributed by atoms with Gasteiger partial charge in [-0.25, -0.2) is 0 Å². The average Bonchev–Trinajstić information content (AvgIpc) is 2.28. The van der Waals surface area contributed by atoms with Gasteiger partial charge in [0.05, 0.1) is 28.8 Å². The summed E-state index contributed by atoms with van der Waals surface area (Å²) in [4.78, 5) is 0.688. The minimum absolute atomic E-state index is 0.0814. The highest BCUT2D eigenvalue weighted by molar-refractivity contribution is 7.85. The molecular weight excluding hydrogens is 224 g/mol. The maximum absolute atomic E-state index is 11.8. The first-order valence-corrected chi connectivity index (χ1v) is 6.67. The number of aliphatic hydroxyl groups is 2. The van der Waals surface area contributed by atoms with Crippen LogP contribution in [0.1, 0.15) is 18.9 Å². The van der Waals surface area contributed by atoms with Gasteiger partial charge in [0.15, 0.2) is 0 Å². The average molecular weight is 242 g/mol. The Hall–Kier alpha value is -0.710. The Kier molecular flexibility index (Phi) is 5.12. The molecule has 0 saturated heterocycles. The molecule has 4 heteroatoms. The Balaban J connectivity index is 2.62. The lowest BCUT2D eigenvalue weighted by molar-refractivity contribution is 0.0318. The number of benzene rings is 1. The van der Waals surface area contributed by atoms with Crippen molar-refractivity contribution in [3.63, 3.8) is 0 Å². The molecule has 0 aliphatic heterocycles. The first kappa shape index (κ1) is 13.4. The molecule has 1 aromatic rings. The molecule has 0 fully saturated rings. The molecule has 0 heterocycles. The largest absolute Gasteiger partial charge is 0.390 e. The third-order valence-electron chi connectivity index (χ3n) is 2.47. The van der Waals surface area contributed by atoms with E-state index in [1.165, 1.54) is 0 Å². The first-order chi connectivity index (χ1) is 7.54. The van der Waals surface area contributed by atoms with Gasteiger partial charge in [-0.15, -0.1) is 0 Å². The van der Waals surface area contributed by atoms with Crippen LogP contribution in [0.4, 0.5) is 0 Å². The Morgan fingerprint density at radius 2 is 1.75 bits per heavy atom. The fourth-order valence-electron chi connectivity index (χ4n) is 1.32. The molecule has 90 valence electrons. The molecule has 0 aliphatic rings. The first-order valence-electron chi connectivity index (χ1n) is 5.35. The third kappa shape index (κ3) is 3.70. The van der Waals surface area contributed by atoms with Crippen LogP contribution in [0, 0.1) is 6.92 Å². The van der Waals surface area contributed by atoms with Gasteiger partial charge in [0.2, 0.25) is 0 Å². The lowest BCUT2D eigenvalue weighted by Gasteiger charge is -2.15. The van der Waals surface area contributed by atoms with Crippen LogP contribution in [0.15, 0.2) is 29.2 Å². The fourth-order valence-corrected chi connectivity index (χ4v) is 2.49. The van der Waals surface area contributed by atoms with E-state index in [-0.39, 0.29) is 5.75 Å². The van der Waals surface area contributed by atoms with Crippen molar-refractivity contribution < 1.29 is 14.4 Å². The van der Waals surface area contributed by atoms with Gasteiger partial charge in [-0.05, 0) is 25.5 Å². The number of hydrogen-bond donors (Lipinski definition) is 2. The molecule has 0 radical (unpaired) electrons. The van der Waals surface area contributed by atoms with Crippen molar-refractivity contribution in [3.8, 4) is 0 Å². The highest BCUT2D eigenvalue weighted by atomic mass is 32.2. The summed E-state index contributed by atoms with van der Waals surface area (Å²) < 4.78 is 11.8. The molecule has 3 nitrogen and oxygen atoms in total. The van der Waals surface area contributed by atoms with Crippen LogP contribution in [0.5, 0.6) is 0 Å². The fraction of sp³-hybridized carbons (Fsp3) is 0.500. The van der Waals surface area contributed by atoms with Crippen LogP contribution in [0.3, 0.4) is 0 Å². The minimum atomic E-state index is -1.25. The van der Waals surface area contributed by atoms with E-state index in [1.54, 1.807) is 19.1 Å². The van der Waals surface area contributed by atoms with Crippen molar-refractivity contribution in [3.05, 3.63) is 29.8 Å². The van der Waals surface area contributed by atoms with Crippen LogP contribution in [0.25, 0.3) is 0 Å². The van der Waals surface area contributed by atoms with E-state index in [2.05, 4.69) is 0 Å². The van der Waals surface area contributed by atoms with E-state index >= 15 is 0 Å². The monoisotopic (exact) mass is 242 g/mol. The van der Waals surface area contributed by atoms with E-state index in [4.69, 9.17) is 0 Å². The van der Waals surface area contributed by atoms with Crippen LogP contribution in [-0.2, 0) is 10.8 Å². The summed E-state index contributed by atoms with van der Waals surface area (Å²) in [5.41, 5.74) is 1.11. The molecule has 0 spiro atoms.